The second-order valence-electron chi connectivity index (χ2n) is 3.92. The number of aromatic hydroxyl groups is 1. The van der Waals surface area contributed by atoms with Gasteiger partial charge in [-0.3, -0.25) is 0 Å². The first kappa shape index (κ1) is 14.1. The van der Waals surface area contributed by atoms with Crippen LogP contribution in [0.15, 0.2) is 34.8 Å². The van der Waals surface area contributed by atoms with Crippen LogP contribution in [0.2, 0.25) is 5.02 Å². The summed E-state index contributed by atoms with van der Waals surface area (Å²) in [5.74, 6) is -1.13. The third kappa shape index (κ3) is 3.58. The van der Waals surface area contributed by atoms with Gasteiger partial charge in [0, 0.05) is 17.1 Å². The normalized spacial score (nSPS) is 10.5. The standard InChI is InChI=1S/C13H9BrClF2NO/c14-11-4-9(17)5-12(15)13(11)18-6-7-1-8(16)3-10(19)2-7/h1-5,18-19H,6H2. The van der Waals surface area contributed by atoms with E-state index in [2.05, 4.69) is 21.2 Å². The van der Waals surface area contributed by atoms with Crippen molar-refractivity contribution in [3.05, 3.63) is 57.0 Å². The van der Waals surface area contributed by atoms with E-state index in [-0.39, 0.29) is 17.3 Å². The maximum absolute atomic E-state index is 13.1. The topological polar surface area (TPSA) is 32.3 Å². The van der Waals surface area contributed by atoms with E-state index >= 15 is 0 Å². The van der Waals surface area contributed by atoms with Gasteiger partial charge in [0.05, 0.1) is 10.7 Å². The smallest absolute Gasteiger partial charge is 0.127 e. The van der Waals surface area contributed by atoms with Crippen molar-refractivity contribution in [1.82, 2.24) is 0 Å². The first-order valence-electron chi connectivity index (χ1n) is 5.32. The van der Waals surface area contributed by atoms with Gasteiger partial charge in [-0.15, -0.1) is 0 Å². The molecule has 0 unspecified atom stereocenters. The van der Waals surface area contributed by atoms with Crippen LogP contribution in [0.5, 0.6) is 5.75 Å². The second kappa shape index (κ2) is 5.75. The average molecular weight is 349 g/mol. The van der Waals surface area contributed by atoms with Crippen molar-refractivity contribution < 1.29 is 13.9 Å². The van der Waals surface area contributed by atoms with Gasteiger partial charge in [-0.2, -0.15) is 0 Å². The van der Waals surface area contributed by atoms with Gasteiger partial charge < -0.3 is 10.4 Å². The Balaban J connectivity index is 2.19. The summed E-state index contributed by atoms with van der Waals surface area (Å²) in [5.41, 5.74) is 1.05. The fourth-order valence-electron chi connectivity index (χ4n) is 1.64. The molecule has 2 aromatic carbocycles. The first-order valence-corrected chi connectivity index (χ1v) is 6.49. The molecule has 2 rings (SSSR count). The van der Waals surface area contributed by atoms with Crippen molar-refractivity contribution in [3.63, 3.8) is 0 Å². The lowest BCUT2D eigenvalue weighted by Gasteiger charge is -2.11. The number of anilines is 1. The van der Waals surface area contributed by atoms with Crippen LogP contribution in [0.3, 0.4) is 0 Å². The minimum atomic E-state index is -0.527. The molecule has 0 radical (unpaired) electrons. The first-order chi connectivity index (χ1) is 8.95. The highest BCUT2D eigenvalue weighted by atomic mass is 79.9. The maximum atomic E-state index is 13.1. The van der Waals surface area contributed by atoms with Gasteiger partial charge in [-0.1, -0.05) is 11.6 Å². The van der Waals surface area contributed by atoms with Gasteiger partial charge in [0.15, 0.2) is 0 Å². The Morgan fingerprint density at radius 1 is 1.11 bits per heavy atom. The van der Waals surface area contributed by atoms with Crippen molar-refractivity contribution in [2.24, 2.45) is 0 Å². The van der Waals surface area contributed by atoms with Crippen LogP contribution >= 0.6 is 27.5 Å². The highest BCUT2D eigenvalue weighted by Crippen LogP contribution is 2.32. The number of nitrogens with one attached hydrogen (secondary N) is 1. The molecule has 0 heterocycles. The number of hydrogen-bond donors (Lipinski definition) is 2. The van der Waals surface area contributed by atoms with Crippen LogP contribution in [0.4, 0.5) is 14.5 Å². The molecule has 0 aromatic heterocycles. The van der Waals surface area contributed by atoms with E-state index in [0.29, 0.717) is 15.7 Å². The quantitative estimate of drug-likeness (QED) is 0.843. The number of hydrogen-bond acceptors (Lipinski definition) is 2. The minimum Gasteiger partial charge on any atom is -0.508 e. The number of rotatable bonds is 3. The van der Waals surface area contributed by atoms with Crippen LogP contribution in [0, 0.1) is 11.6 Å². The van der Waals surface area contributed by atoms with Crippen molar-refractivity contribution in [2.45, 2.75) is 6.54 Å². The second-order valence-corrected chi connectivity index (χ2v) is 5.18. The summed E-state index contributed by atoms with van der Waals surface area (Å²) in [6.07, 6.45) is 0. The van der Waals surface area contributed by atoms with Crippen molar-refractivity contribution in [1.29, 1.82) is 0 Å². The Hall–Kier alpha value is -1.33. The Morgan fingerprint density at radius 2 is 1.79 bits per heavy atom. The lowest BCUT2D eigenvalue weighted by molar-refractivity contribution is 0.468. The molecule has 0 aliphatic heterocycles. The van der Waals surface area contributed by atoms with E-state index < -0.39 is 11.6 Å². The number of phenols is 1. The van der Waals surface area contributed by atoms with Gasteiger partial charge >= 0.3 is 0 Å². The molecular formula is C13H9BrClF2NO. The molecule has 0 aliphatic rings. The predicted molar refractivity (Wildman–Crippen MR) is 74.5 cm³/mol. The molecule has 2 N–H and O–H groups in total. The van der Waals surface area contributed by atoms with E-state index in [1.165, 1.54) is 24.3 Å². The Bertz CT molecular complexity index is 578. The molecule has 2 aromatic rings. The molecule has 100 valence electrons. The summed E-state index contributed by atoms with van der Waals surface area (Å²) in [6.45, 7) is 0.245. The SMILES string of the molecule is Oc1cc(F)cc(CNc2c(Cl)cc(F)cc2Br)c1. The number of phenolic OH excluding ortho intramolecular Hbond substituents is 1. The van der Waals surface area contributed by atoms with Crippen molar-refractivity contribution >= 4 is 33.2 Å². The van der Waals surface area contributed by atoms with Gasteiger partial charge in [-0.25, -0.2) is 8.78 Å². The van der Waals surface area contributed by atoms with Crippen LogP contribution in [-0.2, 0) is 6.54 Å². The fourth-order valence-corrected chi connectivity index (χ4v) is 2.60. The zero-order chi connectivity index (χ0) is 14.0. The lowest BCUT2D eigenvalue weighted by atomic mass is 10.2. The molecular weight excluding hydrogens is 340 g/mol. The Morgan fingerprint density at radius 3 is 2.42 bits per heavy atom. The molecule has 0 spiro atoms. The molecule has 0 amide bonds. The van der Waals surface area contributed by atoms with Crippen molar-refractivity contribution in [2.75, 3.05) is 5.32 Å². The molecule has 2 nitrogen and oxygen atoms in total. The fraction of sp³-hybridized carbons (Fsp3) is 0.0769. The molecule has 0 atom stereocenters. The molecule has 0 aliphatic carbocycles. The van der Waals surface area contributed by atoms with Gasteiger partial charge in [-0.05, 0) is 45.8 Å². The predicted octanol–water partition coefficient (Wildman–Crippen LogP) is 4.70. The number of benzene rings is 2. The lowest BCUT2D eigenvalue weighted by Crippen LogP contribution is -2.01. The van der Waals surface area contributed by atoms with E-state index in [1.54, 1.807) is 0 Å². The monoisotopic (exact) mass is 347 g/mol. The molecule has 6 heteroatoms. The summed E-state index contributed by atoms with van der Waals surface area (Å²) in [6, 6.07) is 6.19. The largest absolute Gasteiger partial charge is 0.508 e. The molecule has 0 saturated heterocycles. The molecule has 0 bridgehead atoms. The Labute approximate surface area is 122 Å². The summed E-state index contributed by atoms with van der Waals surface area (Å²) >= 11 is 9.10. The third-order valence-electron chi connectivity index (χ3n) is 2.42. The molecule has 19 heavy (non-hydrogen) atoms. The summed E-state index contributed by atoms with van der Waals surface area (Å²) in [5, 5.41) is 12.5. The van der Waals surface area contributed by atoms with E-state index in [4.69, 9.17) is 11.6 Å². The summed E-state index contributed by atoms with van der Waals surface area (Å²) < 4.78 is 26.6. The van der Waals surface area contributed by atoms with E-state index in [1.807, 2.05) is 0 Å². The summed E-state index contributed by atoms with van der Waals surface area (Å²) in [4.78, 5) is 0. The number of halogens is 4. The molecule has 0 fully saturated rings. The van der Waals surface area contributed by atoms with Gasteiger partial charge in [0.2, 0.25) is 0 Å². The Kier molecular flexibility index (Phi) is 4.27. The van der Waals surface area contributed by atoms with E-state index in [0.717, 1.165) is 6.07 Å². The zero-order valence-corrected chi connectivity index (χ0v) is 11.9. The van der Waals surface area contributed by atoms with Crippen LogP contribution in [0.1, 0.15) is 5.56 Å². The molecule has 0 saturated carbocycles. The van der Waals surface area contributed by atoms with Crippen LogP contribution < -0.4 is 5.32 Å². The highest BCUT2D eigenvalue weighted by molar-refractivity contribution is 9.10. The third-order valence-corrected chi connectivity index (χ3v) is 3.34. The zero-order valence-electron chi connectivity index (χ0n) is 9.55. The van der Waals surface area contributed by atoms with Crippen molar-refractivity contribution in [3.8, 4) is 5.75 Å². The minimum absolute atomic E-state index is 0.152. The maximum Gasteiger partial charge on any atom is 0.127 e. The van der Waals surface area contributed by atoms with Crippen LogP contribution in [-0.4, -0.2) is 5.11 Å². The van der Waals surface area contributed by atoms with E-state index in [9.17, 15) is 13.9 Å². The van der Waals surface area contributed by atoms with Gasteiger partial charge in [0.1, 0.15) is 17.4 Å². The van der Waals surface area contributed by atoms with Crippen LogP contribution in [0.25, 0.3) is 0 Å². The summed E-state index contributed by atoms with van der Waals surface area (Å²) in [7, 11) is 0. The average Bonchev–Trinajstić information content (AvgIpc) is 2.25. The highest BCUT2D eigenvalue weighted by Gasteiger charge is 2.08. The van der Waals surface area contributed by atoms with Gasteiger partial charge in [0.25, 0.3) is 0 Å².